The standard InChI is InChI=1S/C28H28FN3O4/c1-19-8-10-20(11-9-19)26(33)14-15-27(34)30-17-23-18-32(28(35)36-23)22-12-13-25(24(29)16-22)31(2)21-6-4-3-5-7-21/h3-13,16,23H,14-15,17-18H2,1-2H3,(H,30,34)/t23-/m0/s1. The van der Waals surface area contributed by atoms with E-state index in [0.29, 0.717) is 16.9 Å². The van der Waals surface area contributed by atoms with Crippen molar-refractivity contribution in [2.45, 2.75) is 25.9 Å². The smallest absolute Gasteiger partial charge is 0.414 e. The van der Waals surface area contributed by atoms with E-state index < -0.39 is 18.0 Å². The first kappa shape index (κ1) is 24.9. The Kier molecular flexibility index (Phi) is 7.63. The third-order valence-electron chi connectivity index (χ3n) is 6.10. The van der Waals surface area contributed by atoms with Crippen LogP contribution in [0.4, 0.5) is 26.2 Å². The molecule has 8 heteroatoms. The van der Waals surface area contributed by atoms with E-state index in [-0.39, 0.29) is 37.6 Å². The third-order valence-corrected chi connectivity index (χ3v) is 6.10. The van der Waals surface area contributed by atoms with E-state index in [4.69, 9.17) is 4.74 Å². The number of Topliss-reactive ketones (excluding diaryl/α,β-unsaturated/α-hetero) is 1. The summed E-state index contributed by atoms with van der Waals surface area (Å²) >= 11 is 0. The van der Waals surface area contributed by atoms with Gasteiger partial charge < -0.3 is 15.0 Å². The van der Waals surface area contributed by atoms with E-state index >= 15 is 0 Å². The Balaban J connectivity index is 1.29. The molecule has 4 rings (SSSR count). The molecule has 0 saturated carbocycles. The topological polar surface area (TPSA) is 79.0 Å². The van der Waals surface area contributed by atoms with E-state index in [0.717, 1.165) is 11.3 Å². The number of benzene rings is 3. The molecular weight excluding hydrogens is 461 g/mol. The van der Waals surface area contributed by atoms with Crippen LogP contribution in [-0.4, -0.2) is 44.0 Å². The summed E-state index contributed by atoms with van der Waals surface area (Å²) < 4.78 is 20.2. The van der Waals surface area contributed by atoms with Gasteiger partial charge in [-0.25, -0.2) is 9.18 Å². The van der Waals surface area contributed by atoms with Crippen LogP contribution in [0.25, 0.3) is 0 Å². The maximum Gasteiger partial charge on any atom is 0.414 e. The SMILES string of the molecule is Cc1ccc(C(=O)CCC(=O)NC[C@H]2CN(c3ccc(N(C)c4ccccc4)c(F)c3)C(=O)O2)cc1. The lowest BCUT2D eigenvalue weighted by Gasteiger charge is -2.21. The number of aryl methyl sites for hydroxylation is 1. The van der Waals surface area contributed by atoms with Crippen LogP contribution in [0.5, 0.6) is 0 Å². The van der Waals surface area contributed by atoms with Gasteiger partial charge >= 0.3 is 6.09 Å². The second kappa shape index (κ2) is 11.0. The molecule has 1 N–H and O–H groups in total. The molecule has 1 heterocycles. The number of amides is 2. The van der Waals surface area contributed by atoms with Gasteiger partial charge in [0.25, 0.3) is 0 Å². The first-order valence-electron chi connectivity index (χ1n) is 11.7. The Labute approximate surface area is 209 Å². The molecule has 2 amide bonds. The van der Waals surface area contributed by atoms with Crippen LogP contribution in [-0.2, 0) is 9.53 Å². The summed E-state index contributed by atoms with van der Waals surface area (Å²) in [7, 11) is 1.77. The van der Waals surface area contributed by atoms with E-state index in [1.54, 1.807) is 36.2 Å². The minimum Gasteiger partial charge on any atom is -0.442 e. The number of rotatable bonds is 9. The van der Waals surface area contributed by atoms with Crippen LogP contribution in [0, 0.1) is 12.7 Å². The van der Waals surface area contributed by atoms with Crippen molar-refractivity contribution >= 4 is 34.8 Å². The Morgan fingerprint density at radius 3 is 2.47 bits per heavy atom. The number of nitrogens with one attached hydrogen (secondary N) is 1. The third kappa shape index (κ3) is 5.89. The van der Waals surface area contributed by atoms with Crippen molar-refractivity contribution in [3.05, 3.63) is 89.7 Å². The van der Waals surface area contributed by atoms with Gasteiger partial charge in [-0.2, -0.15) is 0 Å². The number of nitrogens with zero attached hydrogens (tertiary/aromatic N) is 2. The minimum absolute atomic E-state index is 0.0404. The Morgan fingerprint density at radius 2 is 1.78 bits per heavy atom. The minimum atomic E-state index is -0.604. The van der Waals surface area contributed by atoms with Gasteiger partial charge in [-0.15, -0.1) is 0 Å². The van der Waals surface area contributed by atoms with Crippen LogP contribution in [0.1, 0.15) is 28.8 Å². The fraction of sp³-hybridized carbons (Fsp3) is 0.250. The number of ether oxygens (including phenoxy) is 1. The molecule has 7 nitrogen and oxygen atoms in total. The number of para-hydroxylation sites is 1. The number of cyclic esters (lactones) is 1. The molecule has 1 atom stereocenters. The molecule has 186 valence electrons. The van der Waals surface area contributed by atoms with Gasteiger partial charge in [-0.3, -0.25) is 14.5 Å². The zero-order valence-electron chi connectivity index (χ0n) is 20.2. The summed E-state index contributed by atoms with van der Waals surface area (Å²) in [6, 6.07) is 21.2. The van der Waals surface area contributed by atoms with Crippen molar-refractivity contribution in [3.8, 4) is 0 Å². The predicted molar refractivity (Wildman–Crippen MR) is 136 cm³/mol. The lowest BCUT2D eigenvalue weighted by molar-refractivity contribution is -0.121. The number of carbonyl (C=O) groups excluding carboxylic acids is 3. The van der Waals surface area contributed by atoms with Crippen LogP contribution >= 0.6 is 0 Å². The molecule has 0 aromatic heterocycles. The lowest BCUT2D eigenvalue weighted by Crippen LogP contribution is -2.34. The highest BCUT2D eigenvalue weighted by molar-refractivity contribution is 5.98. The van der Waals surface area contributed by atoms with Crippen molar-refractivity contribution < 1.29 is 23.5 Å². The second-order valence-corrected chi connectivity index (χ2v) is 8.74. The van der Waals surface area contributed by atoms with Gasteiger partial charge in [0.1, 0.15) is 11.9 Å². The van der Waals surface area contributed by atoms with Gasteiger partial charge in [0, 0.05) is 31.1 Å². The zero-order chi connectivity index (χ0) is 25.7. The van der Waals surface area contributed by atoms with Crippen LogP contribution < -0.4 is 15.1 Å². The number of anilines is 3. The molecule has 1 fully saturated rings. The molecule has 0 spiro atoms. The molecule has 3 aromatic rings. The molecule has 0 unspecified atom stereocenters. The summed E-state index contributed by atoms with van der Waals surface area (Å²) in [4.78, 5) is 39.9. The Morgan fingerprint density at radius 1 is 1.06 bits per heavy atom. The Bertz CT molecular complexity index is 1250. The van der Waals surface area contributed by atoms with E-state index in [1.807, 2.05) is 49.4 Å². The molecule has 0 radical (unpaired) electrons. The largest absolute Gasteiger partial charge is 0.442 e. The molecule has 3 aromatic carbocycles. The molecule has 1 saturated heterocycles. The summed E-state index contributed by atoms with van der Waals surface area (Å²) in [5, 5.41) is 2.71. The van der Waals surface area contributed by atoms with Crippen LogP contribution in [0.15, 0.2) is 72.8 Å². The van der Waals surface area contributed by atoms with Gasteiger partial charge in [-0.1, -0.05) is 48.0 Å². The maximum atomic E-state index is 14.9. The molecule has 36 heavy (non-hydrogen) atoms. The average Bonchev–Trinajstić information content (AvgIpc) is 3.27. The summed E-state index contributed by atoms with van der Waals surface area (Å²) in [6.45, 7) is 2.22. The van der Waals surface area contributed by atoms with Gasteiger partial charge in [0.05, 0.1) is 24.5 Å². The highest BCUT2D eigenvalue weighted by Crippen LogP contribution is 2.30. The molecule has 1 aliphatic rings. The van der Waals surface area contributed by atoms with Crippen molar-refractivity contribution in [2.75, 3.05) is 29.9 Å². The van der Waals surface area contributed by atoms with Gasteiger partial charge in [0.15, 0.2) is 5.78 Å². The first-order valence-corrected chi connectivity index (χ1v) is 11.7. The monoisotopic (exact) mass is 489 g/mol. The normalized spacial score (nSPS) is 14.9. The fourth-order valence-electron chi connectivity index (χ4n) is 3.99. The summed E-state index contributed by atoms with van der Waals surface area (Å²) in [6.07, 6.45) is -1.05. The zero-order valence-corrected chi connectivity index (χ0v) is 20.2. The number of hydrogen-bond acceptors (Lipinski definition) is 5. The molecule has 1 aliphatic heterocycles. The number of halogens is 1. The van der Waals surface area contributed by atoms with Crippen molar-refractivity contribution in [1.29, 1.82) is 0 Å². The molecular formula is C28H28FN3O4. The van der Waals surface area contributed by atoms with Crippen LogP contribution in [0.2, 0.25) is 0 Å². The maximum absolute atomic E-state index is 14.9. The van der Waals surface area contributed by atoms with Crippen molar-refractivity contribution in [2.24, 2.45) is 0 Å². The van der Waals surface area contributed by atoms with Gasteiger partial charge in [0.2, 0.25) is 5.91 Å². The van der Waals surface area contributed by atoms with Crippen molar-refractivity contribution in [1.82, 2.24) is 5.32 Å². The van der Waals surface area contributed by atoms with Crippen molar-refractivity contribution in [3.63, 3.8) is 0 Å². The Hall–Kier alpha value is -4.20. The average molecular weight is 490 g/mol. The quantitative estimate of drug-likeness (QED) is 0.428. The van der Waals surface area contributed by atoms with E-state index in [9.17, 15) is 18.8 Å². The highest BCUT2D eigenvalue weighted by atomic mass is 19.1. The van der Waals surface area contributed by atoms with E-state index in [2.05, 4.69) is 5.32 Å². The summed E-state index contributed by atoms with van der Waals surface area (Å²) in [5.74, 6) is -0.877. The lowest BCUT2D eigenvalue weighted by atomic mass is 10.0. The van der Waals surface area contributed by atoms with Gasteiger partial charge in [-0.05, 0) is 37.3 Å². The fourth-order valence-corrected chi connectivity index (χ4v) is 3.99. The number of hydrogen-bond donors (Lipinski definition) is 1. The summed E-state index contributed by atoms with van der Waals surface area (Å²) in [5.41, 5.74) is 3.22. The highest BCUT2D eigenvalue weighted by Gasteiger charge is 2.33. The van der Waals surface area contributed by atoms with Crippen LogP contribution in [0.3, 0.4) is 0 Å². The predicted octanol–water partition coefficient (Wildman–Crippen LogP) is 5.01. The molecule has 0 bridgehead atoms. The first-order chi connectivity index (χ1) is 17.3. The van der Waals surface area contributed by atoms with E-state index in [1.165, 1.54) is 11.0 Å². The number of carbonyl (C=O) groups is 3. The molecule has 0 aliphatic carbocycles. The number of ketones is 1. The second-order valence-electron chi connectivity index (χ2n) is 8.74.